The van der Waals surface area contributed by atoms with E-state index in [9.17, 15) is 58.8 Å². The van der Waals surface area contributed by atoms with Gasteiger partial charge in [0.25, 0.3) is 17.7 Å². The summed E-state index contributed by atoms with van der Waals surface area (Å²) in [5.74, 6) is -0.509. The first kappa shape index (κ1) is 107. The van der Waals surface area contributed by atoms with Gasteiger partial charge in [0.2, 0.25) is 37.7 Å². The Morgan fingerprint density at radius 2 is 0.714 bits per heavy atom. The lowest BCUT2D eigenvalue weighted by atomic mass is 9.86. The summed E-state index contributed by atoms with van der Waals surface area (Å²) in [6, 6.07) is 33.2. The molecule has 43 heteroatoms. The van der Waals surface area contributed by atoms with Crippen molar-refractivity contribution in [1.29, 1.82) is 0 Å². The van der Waals surface area contributed by atoms with E-state index in [-0.39, 0.29) is 81.6 Å². The SMILES string of the molecule is COc1c(NC(=O)c2cc3cccc(C=O)c3n2C)cc(C(C)(C)C)cc1NS(C)(=O)=O.COc1c(NC(=O)c2cc3cccc(CN4CCN(C(=O)N(C)C)CC4)c3n2C)cc(C(C)(C)C)cc1NS(C)(=O)=O.COc1c(NC(=O)c2cc3cccc(CN4CCN(C(=O)OCC(Cl)(Cl)Cl)CC4)c3n2C)cc(C(C)(C)C)cc1NS(C)(=O)=O.O=C(OCC(Cl)(Cl)Cl)N1CCNCC1. The van der Waals surface area contributed by atoms with E-state index >= 15 is 0 Å². The Morgan fingerprint density at radius 3 is 1.01 bits per heavy atom. The second-order valence-electron chi connectivity index (χ2n) is 35.7. The molecule has 3 fully saturated rings. The van der Waals surface area contributed by atoms with Crippen molar-refractivity contribution in [2.24, 2.45) is 21.1 Å². The zero-order valence-electron chi connectivity index (χ0n) is 78.1. The van der Waals surface area contributed by atoms with Crippen LogP contribution < -0.4 is 49.6 Å². The van der Waals surface area contributed by atoms with Crippen molar-refractivity contribution in [3.63, 3.8) is 0 Å². The number of nitrogens with zero attached hydrogens (tertiary/aromatic N) is 9. The average Bonchev–Trinajstić information content (AvgIpc) is 1.75. The second kappa shape index (κ2) is 43.8. The van der Waals surface area contributed by atoms with Crippen LogP contribution in [-0.2, 0) is 90.0 Å². The Kier molecular flexibility index (Phi) is 35.2. The van der Waals surface area contributed by atoms with Crippen LogP contribution in [0.4, 0.5) is 48.5 Å². The van der Waals surface area contributed by atoms with Gasteiger partial charge in [0.05, 0.1) is 90.8 Å². The standard InChI is InChI=1S/C30H38Cl3N5O6S.C30H42N6O5S.C23H27N3O5S.C7H11Cl3N2O2/c1-29(2,3)21-15-22(26(43-5)23(16-21)35-45(6,41)42)34-27(39)24-14-19-8-7-9-20(25(19)36(24)4)17-37-10-12-38(13-11-37)28(40)44-18-30(31,32)33;1-30(2,3)22-17-23(27(41-7)24(18-22)32-42(8,39)40)31-28(37)25-16-20-10-9-11-21(26(20)34(25)6)19-35-12-14-36(15-13-35)29(38)33(4)5;1-23(2,3)16-11-17(21(31-5)18(12-16)25-32(6,29)30)24-22(28)19-10-14-8-7-9-15(13-27)20(14)26(19)4;8-7(9,10)5-14-6(13)12-3-1-11-2-4-12/h7-9,14-16,35H,10-13,17-18H2,1-6H3,(H,34,39);9-11,16-18,32H,12-15,19H2,1-8H3,(H,31,37);7-13,25H,1-6H3,(H,24,28);11H,1-5H2. The van der Waals surface area contributed by atoms with Crippen LogP contribution in [0, 0.1) is 0 Å². The fourth-order valence-electron chi connectivity index (χ4n) is 15.2. The molecule has 0 aliphatic carbocycles. The van der Waals surface area contributed by atoms with Gasteiger partial charge in [-0.1, -0.05) is 180 Å². The minimum absolute atomic E-state index is 0.0266. The normalized spacial score (nSPS) is 14.4. The number of aryl methyl sites for hydroxylation is 3. The summed E-state index contributed by atoms with van der Waals surface area (Å²) in [4.78, 5) is 99.3. The molecule has 726 valence electrons. The maximum Gasteiger partial charge on any atom is 0.409 e. The van der Waals surface area contributed by atoms with Crippen LogP contribution in [0.1, 0.15) is 132 Å². The van der Waals surface area contributed by atoms with E-state index in [2.05, 4.69) is 51.3 Å². The molecule has 9 aromatic rings. The topological polar surface area (TPSA) is 386 Å². The van der Waals surface area contributed by atoms with Crippen LogP contribution in [0.2, 0.25) is 0 Å². The zero-order valence-corrected chi connectivity index (χ0v) is 85.1. The lowest BCUT2D eigenvalue weighted by molar-refractivity contribution is 0.0757. The van der Waals surface area contributed by atoms with Crippen LogP contribution in [0.15, 0.2) is 109 Å². The van der Waals surface area contributed by atoms with Gasteiger partial charge in [0, 0.05) is 149 Å². The highest BCUT2D eigenvalue weighted by Gasteiger charge is 2.33. The molecule has 0 radical (unpaired) electrons. The summed E-state index contributed by atoms with van der Waals surface area (Å²) in [6.07, 6.45) is 2.98. The van der Waals surface area contributed by atoms with Crippen LogP contribution in [0.5, 0.6) is 17.2 Å². The number of methoxy groups -OCH3 is 3. The number of sulfonamides is 3. The highest BCUT2D eigenvalue weighted by molar-refractivity contribution is 7.92. The Morgan fingerprint density at radius 1 is 0.421 bits per heavy atom. The number of hydrogen-bond donors (Lipinski definition) is 7. The fourth-order valence-corrected chi connectivity index (χ4v) is 17.2. The number of hydrogen-bond acceptors (Lipinski definition) is 21. The molecule has 6 heterocycles. The number of aldehydes is 1. The molecule has 6 aromatic carbocycles. The summed E-state index contributed by atoms with van der Waals surface area (Å²) < 4.78 is 108. The maximum absolute atomic E-state index is 13.7. The van der Waals surface area contributed by atoms with Gasteiger partial charge in [-0.3, -0.25) is 43.1 Å². The van der Waals surface area contributed by atoms with E-state index < -0.39 is 55.7 Å². The van der Waals surface area contributed by atoms with Gasteiger partial charge in [-0.25, -0.2) is 39.6 Å². The number of piperazine rings is 3. The maximum atomic E-state index is 13.7. The third-order valence-electron chi connectivity index (χ3n) is 21.8. The zero-order chi connectivity index (χ0) is 98.8. The predicted molar refractivity (Wildman–Crippen MR) is 529 cm³/mol. The fraction of sp³-hybridized carbons (Fsp3) is 0.456. The van der Waals surface area contributed by atoms with Gasteiger partial charge in [0.1, 0.15) is 30.3 Å². The third kappa shape index (κ3) is 29.3. The Labute approximate surface area is 807 Å². The monoisotopic (exact) mass is 2020 g/mol. The second-order valence-corrected chi connectivity index (χ2v) is 46.0. The van der Waals surface area contributed by atoms with Crippen LogP contribution >= 0.6 is 69.6 Å². The van der Waals surface area contributed by atoms with Gasteiger partial charge < -0.3 is 78.3 Å². The quantitative estimate of drug-likeness (QED) is 0.0245. The van der Waals surface area contributed by atoms with E-state index in [1.807, 2.05) is 145 Å². The molecule has 3 aromatic heterocycles. The van der Waals surface area contributed by atoms with Gasteiger partial charge in [-0.15, -0.1) is 0 Å². The number of rotatable bonds is 22. The van der Waals surface area contributed by atoms with Gasteiger partial charge in [-0.05, 0) is 105 Å². The van der Waals surface area contributed by atoms with E-state index in [0.29, 0.717) is 111 Å². The minimum Gasteiger partial charge on any atom is -0.492 e. The molecule has 0 saturated carbocycles. The highest BCUT2D eigenvalue weighted by atomic mass is 35.6. The number of amides is 7. The number of fused-ring (bicyclic) bond motifs is 3. The Bertz CT molecular complexity index is 6160. The number of ether oxygens (including phenoxy) is 5. The van der Waals surface area contributed by atoms with E-state index in [4.69, 9.17) is 93.3 Å². The van der Waals surface area contributed by atoms with Crippen LogP contribution in [-0.4, -0.2) is 264 Å². The molecular weight excluding hydrogens is 1900 g/mol. The minimum atomic E-state index is -3.62. The molecule has 0 bridgehead atoms. The molecule has 0 unspecified atom stereocenters. The number of carbonyl (C=O) groups is 7. The van der Waals surface area contributed by atoms with Crippen molar-refractivity contribution in [1.82, 2.24) is 48.4 Å². The molecule has 0 spiro atoms. The summed E-state index contributed by atoms with van der Waals surface area (Å²) >= 11 is 33.4. The third-order valence-corrected chi connectivity index (χ3v) is 24.3. The average molecular weight is 2020 g/mol. The van der Waals surface area contributed by atoms with Crippen molar-refractivity contribution in [3.8, 4) is 17.2 Å². The number of para-hydroxylation sites is 3. The number of halogens is 6. The summed E-state index contributed by atoms with van der Waals surface area (Å²) in [5, 5.41) is 14.5. The van der Waals surface area contributed by atoms with Crippen molar-refractivity contribution in [2.75, 3.05) is 176 Å². The number of carbonyl (C=O) groups excluding carboxylic acids is 7. The van der Waals surface area contributed by atoms with Gasteiger partial charge in [0.15, 0.2) is 23.5 Å². The lowest BCUT2D eigenvalue weighted by Crippen LogP contribution is -2.51. The lowest BCUT2D eigenvalue weighted by Gasteiger charge is -2.36. The first-order valence-electron chi connectivity index (χ1n) is 42.1. The van der Waals surface area contributed by atoms with Crippen molar-refractivity contribution in [3.05, 3.63) is 160 Å². The molecular formula is C90H118Cl6N16O18S3. The molecule has 34 nitrogen and oxygen atoms in total. The molecule has 0 atom stereocenters. The molecule has 7 N–H and O–H groups in total. The van der Waals surface area contributed by atoms with Gasteiger partial charge >= 0.3 is 18.2 Å². The number of aromatic nitrogens is 3. The van der Waals surface area contributed by atoms with Crippen LogP contribution in [0.3, 0.4) is 0 Å². The molecule has 133 heavy (non-hydrogen) atoms. The molecule has 3 saturated heterocycles. The first-order chi connectivity index (χ1) is 61.8. The number of nitrogens with one attached hydrogen (secondary N) is 7. The number of alkyl halides is 6. The number of benzene rings is 6. The Hall–Kier alpha value is -9.90. The molecule has 12 rings (SSSR count). The highest BCUT2D eigenvalue weighted by Crippen LogP contribution is 2.44. The molecule has 3 aliphatic heterocycles. The van der Waals surface area contributed by atoms with Crippen molar-refractivity contribution < 1.29 is 82.5 Å². The first-order valence-corrected chi connectivity index (χ1v) is 50.1. The molecule has 7 amide bonds. The van der Waals surface area contributed by atoms with Gasteiger partial charge in [-0.2, -0.15) is 0 Å². The Balaban J connectivity index is 0.000000211. The smallest absolute Gasteiger partial charge is 0.409 e. The van der Waals surface area contributed by atoms with E-state index in [0.717, 1.165) is 106 Å². The number of urea groups is 1. The number of anilines is 6. The van der Waals surface area contributed by atoms with Crippen LogP contribution in [0.25, 0.3) is 32.7 Å². The van der Waals surface area contributed by atoms with E-state index in [1.165, 1.54) is 21.3 Å². The van der Waals surface area contributed by atoms with E-state index in [1.54, 1.807) is 88.9 Å². The summed E-state index contributed by atoms with van der Waals surface area (Å²) in [6.45, 7) is 26.5. The van der Waals surface area contributed by atoms with Crippen molar-refractivity contribution >= 4 is 209 Å². The predicted octanol–water partition coefficient (Wildman–Crippen LogP) is 15.0. The molecule has 3 aliphatic rings. The summed E-state index contributed by atoms with van der Waals surface area (Å²) in [5.41, 5.74) is 9.57. The summed E-state index contributed by atoms with van der Waals surface area (Å²) in [7, 11) is 2.42. The largest absolute Gasteiger partial charge is 0.492 e. The van der Waals surface area contributed by atoms with Crippen molar-refractivity contribution in [2.45, 2.75) is 99.2 Å².